The van der Waals surface area contributed by atoms with Crippen LogP contribution in [0.5, 0.6) is 0 Å². The second-order valence-electron chi connectivity index (χ2n) is 5.29. The number of aromatic nitrogens is 2. The number of halogens is 1. The summed E-state index contributed by atoms with van der Waals surface area (Å²) >= 11 is 0. The quantitative estimate of drug-likeness (QED) is 0.947. The minimum Gasteiger partial charge on any atom is -0.355 e. The first-order valence-corrected chi connectivity index (χ1v) is 7.38. The molecule has 1 N–H and O–H groups in total. The van der Waals surface area contributed by atoms with E-state index in [4.69, 9.17) is 0 Å². The number of hydrogen-bond donors (Lipinski definition) is 1. The van der Waals surface area contributed by atoms with Gasteiger partial charge in [0.25, 0.3) is 5.91 Å². The van der Waals surface area contributed by atoms with E-state index in [0.717, 1.165) is 31.7 Å². The van der Waals surface area contributed by atoms with Crippen molar-refractivity contribution in [2.45, 2.75) is 19.3 Å². The maximum absolute atomic E-state index is 12.8. The van der Waals surface area contributed by atoms with Crippen LogP contribution < -0.4 is 10.2 Å². The van der Waals surface area contributed by atoms with Crippen molar-refractivity contribution in [1.82, 2.24) is 10.2 Å². The van der Waals surface area contributed by atoms with Gasteiger partial charge in [-0.2, -0.15) is 0 Å². The Labute approximate surface area is 128 Å². The van der Waals surface area contributed by atoms with Crippen molar-refractivity contribution in [1.29, 1.82) is 0 Å². The van der Waals surface area contributed by atoms with Crippen LogP contribution >= 0.6 is 0 Å². The van der Waals surface area contributed by atoms with Crippen LogP contribution in [-0.2, 0) is 0 Å². The lowest BCUT2D eigenvalue weighted by Gasteiger charge is -2.27. The van der Waals surface area contributed by atoms with E-state index in [9.17, 15) is 9.18 Å². The number of amides is 1. The fraction of sp³-hybridized carbons (Fsp3) is 0.312. The van der Waals surface area contributed by atoms with Gasteiger partial charge in [0.15, 0.2) is 11.5 Å². The highest BCUT2D eigenvalue weighted by molar-refractivity contribution is 6.02. The molecule has 114 valence electrons. The Bertz CT molecular complexity index is 636. The number of piperidine rings is 1. The molecule has 6 heteroatoms. The van der Waals surface area contributed by atoms with Crippen LogP contribution in [0.1, 0.15) is 29.8 Å². The molecule has 3 rings (SSSR count). The molecular weight excluding hydrogens is 283 g/mol. The highest BCUT2D eigenvalue weighted by atomic mass is 19.1. The topological polar surface area (TPSA) is 58.1 Å². The molecule has 1 fully saturated rings. The first-order chi connectivity index (χ1) is 10.7. The van der Waals surface area contributed by atoms with E-state index in [1.165, 1.54) is 30.7 Å². The minimum atomic E-state index is -0.357. The zero-order valence-corrected chi connectivity index (χ0v) is 12.1. The molecule has 0 aliphatic carbocycles. The van der Waals surface area contributed by atoms with Gasteiger partial charge in [-0.1, -0.05) is 0 Å². The SMILES string of the molecule is O=C(Nc1ccc(F)cc1)c1ccc(N2CCCCC2)nn1. The van der Waals surface area contributed by atoms with Gasteiger partial charge in [-0.05, 0) is 55.7 Å². The second-order valence-corrected chi connectivity index (χ2v) is 5.29. The van der Waals surface area contributed by atoms with Crippen LogP contribution in [0.4, 0.5) is 15.9 Å². The van der Waals surface area contributed by atoms with Gasteiger partial charge in [0.2, 0.25) is 0 Å². The Morgan fingerprint density at radius 1 is 1.00 bits per heavy atom. The summed E-state index contributed by atoms with van der Waals surface area (Å²) < 4.78 is 12.8. The summed E-state index contributed by atoms with van der Waals surface area (Å²) in [6, 6.07) is 9.07. The van der Waals surface area contributed by atoms with E-state index in [1.54, 1.807) is 6.07 Å². The summed E-state index contributed by atoms with van der Waals surface area (Å²) in [7, 11) is 0. The molecule has 22 heavy (non-hydrogen) atoms. The van der Waals surface area contributed by atoms with Gasteiger partial charge in [-0.3, -0.25) is 4.79 Å². The summed E-state index contributed by atoms with van der Waals surface area (Å²) in [6.45, 7) is 1.96. The van der Waals surface area contributed by atoms with Crippen LogP contribution in [0.3, 0.4) is 0 Å². The van der Waals surface area contributed by atoms with Crippen molar-refractivity contribution in [3.8, 4) is 0 Å². The summed E-state index contributed by atoms with van der Waals surface area (Å²) in [6.07, 6.45) is 3.57. The number of carbonyl (C=O) groups is 1. The van der Waals surface area contributed by atoms with E-state index in [-0.39, 0.29) is 17.4 Å². The molecule has 5 nitrogen and oxygen atoms in total. The number of carbonyl (C=O) groups excluding carboxylic acids is 1. The van der Waals surface area contributed by atoms with Crippen LogP contribution in [0.15, 0.2) is 36.4 Å². The molecule has 2 aromatic rings. The van der Waals surface area contributed by atoms with Gasteiger partial charge in [-0.15, -0.1) is 10.2 Å². The zero-order valence-electron chi connectivity index (χ0n) is 12.1. The lowest BCUT2D eigenvalue weighted by molar-refractivity contribution is 0.102. The molecule has 2 heterocycles. The minimum absolute atomic E-state index is 0.241. The molecule has 0 atom stereocenters. The first-order valence-electron chi connectivity index (χ1n) is 7.38. The highest BCUT2D eigenvalue weighted by Crippen LogP contribution is 2.17. The Morgan fingerprint density at radius 2 is 1.73 bits per heavy atom. The Hall–Kier alpha value is -2.50. The number of rotatable bonds is 3. The number of benzene rings is 1. The Kier molecular flexibility index (Phi) is 4.27. The number of nitrogens with one attached hydrogen (secondary N) is 1. The molecule has 1 aliphatic rings. The van der Waals surface area contributed by atoms with Gasteiger partial charge in [0.05, 0.1) is 0 Å². The van der Waals surface area contributed by atoms with E-state index < -0.39 is 0 Å². The maximum Gasteiger partial charge on any atom is 0.276 e. The van der Waals surface area contributed by atoms with Crippen LogP contribution in [0.2, 0.25) is 0 Å². The van der Waals surface area contributed by atoms with E-state index >= 15 is 0 Å². The van der Waals surface area contributed by atoms with Crippen LogP contribution in [-0.4, -0.2) is 29.2 Å². The Morgan fingerprint density at radius 3 is 2.36 bits per heavy atom. The molecule has 1 aromatic carbocycles. The highest BCUT2D eigenvalue weighted by Gasteiger charge is 2.14. The third-order valence-corrected chi connectivity index (χ3v) is 3.67. The zero-order chi connectivity index (χ0) is 15.4. The monoisotopic (exact) mass is 300 g/mol. The molecule has 0 saturated carbocycles. The van der Waals surface area contributed by atoms with Gasteiger partial charge >= 0.3 is 0 Å². The van der Waals surface area contributed by atoms with Gasteiger partial charge in [-0.25, -0.2) is 4.39 Å². The van der Waals surface area contributed by atoms with Crippen molar-refractivity contribution in [2.24, 2.45) is 0 Å². The van der Waals surface area contributed by atoms with Gasteiger partial charge in [0.1, 0.15) is 5.82 Å². The molecule has 0 unspecified atom stereocenters. The normalized spacial score (nSPS) is 14.7. The third kappa shape index (κ3) is 3.39. The number of hydrogen-bond acceptors (Lipinski definition) is 4. The fourth-order valence-electron chi connectivity index (χ4n) is 2.47. The van der Waals surface area contributed by atoms with E-state index in [1.807, 2.05) is 6.07 Å². The van der Waals surface area contributed by atoms with E-state index in [0.29, 0.717) is 5.69 Å². The maximum atomic E-state index is 12.8. The van der Waals surface area contributed by atoms with Crippen molar-refractivity contribution < 1.29 is 9.18 Å². The smallest absolute Gasteiger partial charge is 0.276 e. The van der Waals surface area contributed by atoms with Crippen molar-refractivity contribution in [2.75, 3.05) is 23.3 Å². The third-order valence-electron chi connectivity index (χ3n) is 3.67. The van der Waals surface area contributed by atoms with Crippen molar-refractivity contribution in [3.63, 3.8) is 0 Å². The summed E-state index contributed by atoms with van der Waals surface area (Å²) in [5.74, 6) is 0.103. The molecule has 1 aliphatic heterocycles. The lowest BCUT2D eigenvalue weighted by Crippen LogP contribution is -2.30. The van der Waals surface area contributed by atoms with Crippen molar-refractivity contribution >= 4 is 17.4 Å². The fourth-order valence-corrected chi connectivity index (χ4v) is 2.47. The lowest BCUT2D eigenvalue weighted by atomic mass is 10.1. The molecule has 1 saturated heterocycles. The molecule has 0 bridgehead atoms. The van der Waals surface area contributed by atoms with Crippen molar-refractivity contribution in [3.05, 3.63) is 47.9 Å². The first kappa shape index (κ1) is 14.4. The van der Waals surface area contributed by atoms with Gasteiger partial charge in [0, 0.05) is 18.8 Å². The largest absolute Gasteiger partial charge is 0.355 e. The molecule has 0 spiro atoms. The number of anilines is 2. The molecule has 1 amide bonds. The predicted octanol–water partition coefficient (Wildman–Crippen LogP) is 2.86. The van der Waals surface area contributed by atoms with Crippen LogP contribution in [0.25, 0.3) is 0 Å². The van der Waals surface area contributed by atoms with Crippen LogP contribution in [0, 0.1) is 5.82 Å². The summed E-state index contributed by atoms with van der Waals surface area (Å²) in [5.41, 5.74) is 0.762. The number of nitrogens with zero attached hydrogens (tertiary/aromatic N) is 3. The van der Waals surface area contributed by atoms with Gasteiger partial charge < -0.3 is 10.2 Å². The summed E-state index contributed by atoms with van der Waals surface area (Å²) in [5, 5.41) is 10.8. The average molecular weight is 300 g/mol. The second kappa shape index (κ2) is 6.51. The standard InChI is InChI=1S/C16H17FN4O/c17-12-4-6-13(7-5-12)18-16(22)14-8-9-15(20-19-14)21-10-2-1-3-11-21/h4-9H,1-3,10-11H2,(H,18,22). The molecular formula is C16H17FN4O. The molecule has 1 aromatic heterocycles. The summed E-state index contributed by atoms with van der Waals surface area (Å²) in [4.78, 5) is 14.2. The Balaban J connectivity index is 1.66. The predicted molar refractivity (Wildman–Crippen MR) is 82.4 cm³/mol. The molecule has 0 radical (unpaired) electrons. The average Bonchev–Trinajstić information content (AvgIpc) is 2.58. The van der Waals surface area contributed by atoms with E-state index in [2.05, 4.69) is 20.4 Å².